The van der Waals surface area contributed by atoms with Gasteiger partial charge in [-0.25, -0.2) is 9.18 Å². The molecule has 0 radical (unpaired) electrons. The summed E-state index contributed by atoms with van der Waals surface area (Å²) in [6, 6.07) is 11.0. The number of rotatable bonds is 5. The second-order valence-electron chi connectivity index (χ2n) is 11.9. The van der Waals surface area contributed by atoms with Crippen molar-refractivity contribution in [2.75, 3.05) is 44.7 Å². The fraction of sp³-hybridized carbons (Fsp3) is 0.424. The summed E-state index contributed by atoms with van der Waals surface area (Å²) in [5.74, 6) is -0.430. The molecule has 3 atom stereocenters. The van der Waals surface area contributed by atoms with Gasteiger partial charge in [-0.3, -0.25) is 4.90 Å². The molecule has 2 fully saturated rings. The maximum atomic E-state index is 14.2. The summed E-state index contributed by atoms with van der Waals surface area (Å²) in [4.78, 5) is 21.4. The van der Waals surface area contributed by atoms with Gasteiger partial charge in [-0.15, -0.1) is 0 Å². The first-order chi connectivity index (χ1) is 21.5. The topological polar surface area (TPSA) is 30.0 Å². The van der Waals surface area contributed by atoms with Crippen molar-refractivity contribution in [3.8, 4) is 0 Å². The Bertz CT molecular complexity index is 1520. The molecule has 0 aromatic heterocycles. The van der Waals surface area contributed by atoms with E-state index in [1.54, 1.807) is 17.9 Å². The van der Waals surface area contributed by atoms with Crippen LogP contribution in [0.2, 0.25) is 5.02 Å². The van der Waals surface area contributed by atoms with Crippen molar-refractivity contribution in [3.63, 3.8) is 0 Å². The van der Waals surface area contributed by atoms with Gasteiger partial charge in [0.05, 0.1) is 23.2 Å². The van der Waals surface area contributed by atoms with Crippen molar-refractivity contribution < 1.29 is 35.5 Å². The molecule has 2 heterocycles. The summed E-state index contributed by atoms with van der Waals surface area (Å²) in [5.41, 5.74) is -0.763. The molecule has 2 aliphatic heterocycles. The molecule has 3 aromatic carbocycles. The van der Waals surface area contributed by atoms with Crippen LogP contribution in [0, 0.1) is 12.7 Å². The molecule has 3 aromatic rings. The molecule has 13 heteroatoms. The molecule has 0 aliphatic carbocycles. The number of benzene rings is 3. The van der Waals surface area contributed by atoms with Crippen LogP contribution in [0.1, 0.15) is 53.2 Å². The molecule has 2 unspecified atom stereocenters. The van der Waals surface area contributed by atoms with E-state index in [9.17, 15) is 35.5 Å². The Kier molecular flexibility index (Phi) is 9.52. The average molecular weight is 671 g/mol. The largest absolute Gasteiger partial charge is 0.416 e. The molecule has 0 saturated carbocycles. The summed E-state index contributed by atoms with van der Waals surface area (Å²) >= 11 is 6.05. The fourth-order valence-corrected chi connectivity index (χ4v) is 6.62. The molecule has 46 heavy (non-hydrogen) atoms. The number of amides is 2. The first-order valence-corrected chi connectivity index (χ1v) is 15.3. The molecule has 2 saturated heterocycles. The molecular weight excluding hydrogens is 637 g/mol. The highest BCUT2D eigenvalue weighted by Gasteiger charge is 2.44. The second kappa shape index (κ2) is 12.9. The van der Waals surface area contributed by atoms with E-state index in [1.807, 2.05) is 24.3 Å². The van der Waals surface area contributed by atoms with Crippen LogP contribution < -0.4 is 4.90 Å². The predicted molar refractivity (Wildman–Crippen MR) is 162 cm³/mol. The number of hydrogen-bond donors (Lipinski definition) is 0. The van der Waals surface area contributed by atoms with Crippen LogP contribution >= 0.6 is 11.6 Å². The number of carbonyl (C=O) groups is 1. The lowest BCUT2D eigenvalue weighted by Gasteiger charge is -2.42. The lowest BCUT2D eigenvalue weighted by molar-refractivity contribution is -0.143. The van der Waals surface area contributed by atoms with Crippen LogP contribution in [0.25, 0.3) is 0 Å². The van der Waals surface area contributed by atoms with E-state index in [1.165, 1.54) is 31.0 Å². The second-order valence-corrected chi connectivity index (χ2v) is 12.3. The number of urea groups is 1. The third-order valence-electron chi connectivity index (χ3n) is 9.11. The van der Waals surface area contributed by atoms with Gasteiger partial charge in [0, 0.05) is 56.5 Å². The number of piperazine rings is 1. The van der Waals surface area contributed by atoms with Crippen LogP contribution in [0.15, 0.2) is 60.7 Å². The lowest BCUT2D eigenvalue weighted by Crippen LogP contribution is -2.52. The minimum atomic E-state index is -5.01. The molecule has 5 rings (SSSR count). The Morgan fingerprint density at radius 1 is 0.870 bits per heavy atom. The lowest BCUT2D eigenvalue weighted by atomic mass is 9.94. The van der Waals surface area contributed by atoms with E-state index < -0.39 is 47.4 Å². The third-order valence-corrected chi connectivity index (χ3v) is 9.36. The number of carbonyl (C=O) groups excluding carboxylic acids is 1. The average Bonchev–Trinajstić information content (AvgIpc) is 3.44. The van der Waals surface area contributed by atoms with E-state index >= 15 is 0 Å². The van der Waals surface area contributed by atoms with Crippen molar-refractivity contribution in [2.45, 2.75) is 50.7 Å². The van der Waals surface area contributed by atoms with Crippen LogP contribution in [0.3, 0.4) is 0 Å². The summed E-state index contributed by atoms with van der Waals surface area (Å²) < 4.78 is 95.6. The van der Waals surface area contributed by atoms with E-state index in [4.69, 9.17) is 11.6 Å². The van der Waals surface area contributed by atoms with Gasteiger partial charge >= 0.3 is 18.4 Å². The van der Waals surface area contributed by atoms with Crippen molar-refractivity contribution in [1.29, 1.82) is 0 Å². The van der Waals surface area contributed by atoms with Crippen LogP contribution in [-0.4, -0.2) is 66.5 Å². The van der Waals surface area contributed by atoms with Crippen LogP contribution in [0.4, 0.5) is 41.2 Å². The van der Waals surface area contributed by atoms with Crippen molar-refractivity contribution in [1.82, 2.24) is 14.7 Å². The van der Waals surface area contributed by atoms with Gasteiger partial charge in [0.25, 0.3) is 0 Å². The molecule has 2 aliphatic rings. The van der Waals surface area contributed by atoms with Crippen LogP contribution in [-0.2, 0) is 12.4 Å². The first kappa shape index (κ1) is 33.8. The molecular formula is C33H34ClF7N4O. The van der Waals surface area contributed by atoms with Gasteiger partial charge in [-0.2, -0.15) is 26.3 Å². The Morgan fingerprint density at radius 2 is 1.46 bits per heavy atom. The molecule has 0 bridgehead atoms. The molecule has 0 spiro atoms. The van der Waals surface area contributed by atoms with E-state index in [0.29, 0.717) is 48.8 Å². The summed E-state index contributed by atoms with van der Waals surface area (Å²) in [7, 11) is 1.37. The first-order valence-electron chi connectivity index (χ1n) is 14.9. The van der Waals surface area contributed by atoms with E-state index in [0.717, 1.165) is 24.3 Å². The van der Waals surface area contributed by atoms with Gasteiger partial charge < -0.3 is 14.7 Å². The SMILES string of the molecule is Cc1cc(F)ccc1C1C(N2CCN(c3ccc(Cl)cc3)CC2)CCN1C(=O)N(C)[C@@H](C)c1cc(C(F)(F)F)cc(C(F)(F)F)c1. The van der Waals surface area contributed by atoms with Gasteiger partial charge in [0.15, 0.2) is 0 Å². The normalized spacial score (nSPS) is 20.2. The van der Waals surface area contributed by atoms with E-state index in [2.05, 4.69) is 9.80 Å². The van der Waals surface area contributed by atoms with Gasteiger partial charge in [0.1, 0.15) is 5.82 Å². The summed E-state index contributed by atoms with van der Waals surface area (Å²) in [6.45, 7) is 6.25. The zero-order valence-electron chi connectivity index (χ0n) is 25.5. The zero-order valence-corrected chi connectivity index (χ0v) is 26.2. The Morgan fingerprint density at radius 3 is 2.00 bits per heavy atom. The van der Waals surface area contributed by atoms with Gasteiger partial charge in [-0.1, -0.05) is 17.7 Å². The van der Waals surface area contributed by atoms with E-state index in [-0.39, 0.29) is 17.7 Å². The van der Waals surface area contributed by atoms with Gasteiger partial charge in [0.2, 0.25) is 0 Å². The number of hydrogen-bond acceptors (Lipinski definition) is 3. The zero-order chi connectivity index (χ0) is 33.6. The summed E-state index contributed by atoms with van der Waals surface area (Å²) in [6.07, 6.45) is -9.44. The smallest absolute Gasteiger partial charge is 0.369 e. The minimum Gasteiger partial charge on any atom is -0.369 e. The number of anilines is 1. The maximum Gasteiger partial charge on any atom is 0.416 e. The molecule has 2 amide bonds. The monoisotopic (exact) mass is 670 g/mol. The van der Waals surface area contributed by atoms with Crippen molar-refractivity contribution in [3.05, 3.63) is 99.3 Å². The van der Waals surface area contributed by atoms with Crippen LogP contribution in [0.5, 0.6) is 0 Å². The highest BCUT2D eigenvalue weighted by molar-refractivity contribution is 6.30. The minimum absolute atomic E-state index is 0.0726. The number of halogens is 8. The summed E-state index contributed by atoms with van der Waals surface area (Å²) in [5, 5.41) is 0.642. The van der Waals surface area contributed by atoms with Crippen molar-refractivity contribution in [2.24, 2.45) is 0 Å². The quantitative estimate of drug-likeness (QED) is 0.255. The standard InChI is InChI=1S/C33H34ClF7N4O/c1-20-16-26(35)6-9-28(20)30-29(44-14-12-43(13-15-44)27-7-4-25(34)5-8-27)10-11-45(30)31(46)42(3)21(2)22-17-23(32(36,37)38)19-24(18-22)33(39,40)41/h4-9,16-19,21,29-30H,10-15H2,1-3H3/t21-,29?,30?/m0/s1. The Hall–Kier alpha value is -3.51. The maximum absolute atomic E-state index is 14.2. The number of alkyl halides is 6. The number of aryl methyl sites for hydroxylation is 1. The Balaban J connectivity index is 1.42. The highest BCUT2D eigenvalue weighted by atomic mass is 35.5. The highest BCUT2D eigenvalue weighted by Crippen LogP contribution is 2.41. The Labute approximate surface area is 268 Å². The molecule has 0 N–H and O–H groups in total. The number of likely N-dealkylation sites (tertiary alicyclic amines) is 1. The number of nitrogens with zero attached hydrogens (tertiary/aromatic N) is 4. The molecule has 248 valence electrons. The van der Waals surface area contributed by atoms with Gasteiger partial charge in [-0.05, 0) is 91.6 Å². The third kappa shape index (κ3) is 7.07. The molecule has 5 nitrogen and oxygen atoms in total. The fourth-order valence-electron chi connectivity index (χ4n) is 6.49. The predicted octanol–water partition coefficient (Wildman–Crippen LogP) is 8.58. The van der Waals surface area contributed by atoms with Crippen molar-refractivity contribution >= 4 is 23.3 Å².